The van der Waals surface area contributed by atoms with E-state index in [1.54, 1.807) is 27.7 Å². The minimum absolute atomic E-state index is 0. The Hall–Kier alpha value is -2.55. The maximum Gasteiger partial charge on any atom is 0.519 e. The van der Waals surface area contributed by atoms with Crippen LogP contribution in [0.1, 0.15) is 84.9 Å². The molecule has 1 fully saturated rings. The second-order valence-corrected chi connectivity index (χ2v) is 9.63. The van der Waals surface area contributed by atoms with Crippen LogP contribution < -0.4 is 11.6 Å². The fourth-order valence-electron chi connectivity index (χ4n) is 3.22. The van der Waals surface area contributed by atoms with Crippen molar-refractivity contribution in [3.8, 4) is 0 Å². The zero-order valence-corrected chi connectivity index (χ0v) is 21.9. The topological polar surface area (TPSA) is 116 Å². The molecule has 0 atom stereocenters. The lowest BCUT2D eigenvalue weighted by atomic mass is 10.1. The molecule has 3 rings (SSSR count). The molecule has 0 spiro atoms. The Morgan fingerprint density at radius 2 is 1.31 bits per heavy atom. The van der Waals surface area contributed by atoms with Crippen LogP contribution in [-0.2, 0) is 22.6 Å². The van der Waals surface area contributed by atoms with E-state index in [-0.39, 0.29) is 31.7 Å². The van der Waals surface area contributed by atoms with E-state index in [0.717, 1.165) is 12.3 Å². The highest BCUT2D eigenvalue weighted by Crippen LogP contribution is 2.11. The molecule has 0 amide bonds. The van der Waals surface area contributed by atoms with Crippen molar-refractivity contribution in [2.24, 2.45) is 17.8 Å². The van der Waals surface area contributed by atoms with E-state index in [0.29, 0.717) is 23.2 Å². The van der Waals surface area contributed by atoms with Gasteiger partial charge >= 0.3 is 17.6 Å². The van der Waals surface area contributed by atoms with E-state index in [1.807, 2.05) is 0 Å². The molecule has 35 heavy (non-hydrogen) atoms. The van der Waals surface area contributed by atoms with Crippen molar-refractivity contribution < 1.29 is 27.2 Å². The number of carbonyl (C=O) groups is 1. The highest BCUT2D eigenvalue weighted by Gasteiger charge is 2.14. The minimum atomic E-state index is -0.780. The molecule has 202 valence electrons. The van der Waals surface area contributed by atoms with Crippen molar-refractivity contribution in [1.82, 2.24) is 4.90 Å². The Morgan fingerprint density at radius 3 is 1.69 bits per heavy atom. The zero-order chi connectivity index (χ0) is 25.8. The Kier molecular flexibility index (Phi) is 15.0. The van der Waals surface area contributed by atoms with Gasteiger partial charge in [0.15, 0.2) is 18.1 Å². The van der Waals surface area contributed by atoms with Gasteiger partial charge < -0.3 is 27.3 Å². The summed E-state index contributed by atoms with van der Waals surface area (Å²) >= 11 is 0. The van der Waals surface area contributed by atoms with E-state index in [1.165, 1.54) is 32.5 Å². The van der Waals surface area contributed by atoms with Crippen LogP contribution in [0.5, 0.6) is 0 Å². The van der Waals surface area contributed by atoms with E-state index in [9.17, 15) is 14.4 Å². The van der Waals surface area contributed by atoms with E-state index in [4.69, 9.17) is 13.6 Å². The molecule has 1 aliphatic heterocycles. The molecule has 9 nitrogen and oxygen atoms in total. The number of hydrogen-bond acceptors (Lipinski definition) is 9. The van der Waals surface area contributed by atoms with Crippen LogP contribution in [0.4, 0.5) is 0 Å². The van der Waals surface area contributed by atoms with Crippen LogP contribution in [0.15, 0.2) is 27.3 Å². The van der Waals surface area contributed by atoms with Crippen LogP contribution in [0, 0.1) is 31.6 Å². The Labute approximate surface area is 208 Å². The predicted octanol–water partition coefficient (Wildman–Crippen LogP) is 5.35. The van der Waals surface area contributed by atoms with Gasteiger partial charge in [-0.25, -0.2) is 9.59 Å². The smallest absolute Gasteiger partial charge is 0.457 e. The van der Waals surface area contributed by atoms with Crippen LogP contribution in [0.25, 0.3) is 0 Å². The third-order valence-corrected chi connectivity index (χ3v) is 4.90. The Bertz CT molecular complexity index is 955. The van der Waals surface area contributed by atoms with Crippen molar-refractivity contribution in [3.05, 3.63) is 44.3 Å². The summed E-state index contributed by atoms with van der Waals surface area (Å²) < 4.78 is 23.6. The third-order valence-electron chi connectivity index (χ3n) is 4.90. The number of nitrogens with zero attached hydrogens (tertiary/aromatic N) is 1. The first-order valence-electron chi connectivity index (χ1n) is 12.0. The van der Waals surface area contributed by atoms with Gasteiger partial charge in [0.25, 0.3) is 0 Å². The summed E-state index contributed by atoms with van der Waals surface area (Å²) in [5, 5.41) is 0. The Morgan fingerprint density at radius 1 is 0.829 bits per heavy atom. The second-order valence-electron chi connectivity index (χ2n) is 9.63. The van der Waals surface area contributed by atoms with Crippen molar-refractivity contribution >= 4 is 5.97 Å². The summed E-state index contributed by atoms with van der Waals surface area (Å²) in [5.41, 5.74) is 0. The lowest BCUT2D eigenvalue weighted by molar-refractivity contribution is -0.149. The first-order valence-corrected chi connectivity index (χ1v) is 12.0. The molecular weight excluding hydrogens is 454 g/mol. The van der Waals surface area contributed by atoms with E-state index in [2.05, 4.69) is 41.4 Å². The summed E-state index contributed by atoms with van der Waals surface area (Å²) in [6.45, 7) is 19.4. The van der Waals surface area contributed by atoms with Crippen LogP contribution in [0.3, 0.4) is 0 Å². The summed E-state index contributed by atoms with van der Waals surface area (Å²) in [6.07, 6.45) is 3.61. The van der Waals surface area contributed by atoms with Crippen molar-refractivity contribution in [2.75, 3.05) is 19.6 Å². The highest BCUT2D eigenvalue weighted by atomic mass is 16.6. The monoisotopic (exact) mass is 499 g/mol. The molecule has 0 aromatic carbocycles. The number of aryl methyl sites for hydroxylation is 2. The molecule has 2 aromatic rings. The van der Waals surface area contributed by atoms with Crippen LogP contribution in [0.2, 0.25) is 0 Å². The first kappa shape index (κ1) is 32.5. The Balaban J connectivity index is 0.000000500. The van der Waals surface area contributed by atoms with E-state index < -0.39 is 11.6 Å². The van der Waals surface area contributed by atoms with Crippen LogP contribution >= 0.6 is 0 Å². The number of rotatable bonds is 7. The molecular formula is C26H45NO8. The fraction of sp³-hybridized carbons (Fsp3) is 0.731. The van der Waals surface area contributed by atoms with Gasteiger partial charge in [-0.05, 0) is 51.6 Å². The molecule has 1 aliphatic rings. The summed E-state index contributed by atoms with van der Waals surface area (Å²) in [5.74, 6) is 1.28. The van der Waals surface area contributed by atoms with E-state index >= 15 is 0 Å². The summed E-state index contributed by atoms with van der Waals surface area (Å²) in [6, 6.07) is 0. The largest absolute Gasteiger partial charge is 0.519 e. The normalized spacial score (nSPS) is 13.2. The molecule has 0 aliphatic carbocycles. The number of esters is 1. The highest BCUT2D eigenvalue weighted by molar-refractivity contribution is 5.71. The summed E-state index contributed by atoms with van der Waals surface area (Å²) in [4.78, 5) is 34.8. The van der Waals surface area contributed by atoms with Gasteiger partial charge in [-0.1, -0.05) is 49.0 Å². The lowest BCUT2D eigenvalue weighted by Gasteiger charge is -2.16. The van der Waals surface area contributed by atoms with Crippen molar-refractivity contribution in [3.63, 3.8) is 0 Å². The number of hydrogen-bond donors (Lipinski definition) is 0. The van der Waals surface area contributed by atoms with Gasteiger partial charge in [0, 0.05) is 13.0 Å². The zero-order valence-electron chi connectivity index (χ0n) is 21.9. The molecule has 2 aromatic heterocycles. The molecule has 1 saturated heterocycles. The van der Waals surface area contributed by atoms with Gasteiger partial charge in [0.05, 0.1) is 5.92 Å². The van der Waals surface area contributed by atoms with Gasteiger partial charge in [0.1, 0.15) is 11.5 Å². The van der Waals surface area contributed by atoms with Gasteiger partial charge in [-0.15, -0.1) is 0 Å². The second kappa shape index (κ2) is 16.2. The van der Waals surface area contributed by atoms with Gasteiger partial charge in [-0.2, -0.15) is 0 Å². The fourth-order valence-corrected chi connectivity index (χ4v) is 3.22. The molecule has 0 unspecified atom stereocenters. The molecule has 0 saturated carbocycles. The molecule has 0 radical (unpaired) electrons. The molecule has 0 N–H and O–H groups in total. The average molecular weight is 500 g/mol. The predicted molar refractivity (Wildman–Crippen MR) is 134 cm³/mol. The minimum Gasteiger partial charge on any atom is -0.457 e. The third kappa shape index (κ3) is 13.2. The van der Waals surface area contributed by atoms with Gasteiger partial charge in [0.2, 0.25) is 0 Å². The van der Waals surface area contributed by atoms with Crippen molar-refractivity contribution in [2.45, 2.75) is 88.7 Å². The maximum absolute atomic E-state index is 11.1. The first-order chi connectivity index (χ1) is 15.9. The number of ether oxygens (including phenoxy) is 1. The van der Waals surface area contributed by atoms with Gasteiger partial charge in [-0.3, -0.25) is 4.79 Å². The number of carbonyl (C=O) groups excluding carboxylic acids is 1. The lowest BCUT2D eigenvalue weighted by Crippen LogP contribution is -2.23. The molecule has 9 heteroatoms. The summed E-state index contributed by atoms with van der Waals surface area (Å²) in [7, 11) is 0. The SMILES string of the molecule is C.CC(C)CN1CCCC1.Cc1oc(=O)oc1CC(C)C.Cc1oc(=O)oc1COC(=O)C(C)C. The molecule has 3 heterocycles. The standard InChI is InChI=1S/C9H12O5.C8H17N.C8H12O3.CH4/c1-5(2)8(10)12-4-7-6(3)13-9(11)14-7;1-8(2)7-9-5-3-4-6-9;1-5(2)4-7-6(3)10-8(9)11-7;/h5H,4H2,1-3H3;8H,3-7H2,1-2H3;5H,4H2,1-3H3;1H4. The van der Waals surface area contributed by atoms with Crippen molar-refractivity contribution in [1.29, 1.82) is 0 Å². The average Bonchev–Trinajstić information content (AvgIpc) is 3.41. The maximum atomic E-state index is 11.1. The quantitative estimate of drug-likeness (QED) is 0.464. The molecule has 0 bridgehead atoms. The number of likely N-dealkylation sites (tertiary alicyclic amines) is 1. The van der Waals surface area contributed by atoms with Crippen LogP contribution in [-0.4, -0.2) is 30.5 Å².